The summed E-state index contributed by atoms with van der Waals surface area (Å²) in [6.45, 7) is 2.69. The molecule has 7 heterocycles. The fraction of sp³-hybridized carbons (Fsp3) is 0.500. The van der Waals surface area contributed by atoms with E-state index in [1.165, 1.54) is 12.3 Å². The van der Waals surface area contributed by atoms with Crippen molar-refractivity contribution in [3.63, 3.8) is 0 Å². The number of pyridine rings is 1. The highest BCUT2D eigenvalue weighted by atomic mass is 19.1. The molecule has 4 saturated heterocycles. The van der Waals surface area contributed by atoms with E-state index in [0.29, 0.717) is 42.8 Å². The topological polar surface area (TPSA) is 92.3 Å². The zero-order chi connectivity index (χ0) is 27.0. The monoisotopic (exact) mass is 551 g/mol. The lowest BCUT2D eigenvalue weighted by Crippen LogP contribution is -2.44. The molecular formula is C28H28F3N7O2. The first-order valence-electron chi connectivity index (χ1n) is 13.9. The third-order valence-electron chi connectivity index (χ3n) is 8.98. The van der Waals surface area contributed by atoms with Crippen molar-refractivity contribution in [3.8, 4) is 17.4 Å². The normalized spacial score (nSPS) is 28.2. The van der Waals surface area contributed by atoms with Crippen molar-refractivity contribution < 1.29 is 22.6 Å². The molecule has 3 aromatic heterocycles. The number of alkyl halides is 1. The smallest absolute Gasteiger partial charge is 0.319 e. The van der Waals surface area contributed by atoms with Gasteiger partial charge in [-0.1, -0.05) is 6.07 Å². The van der Waals surface area contributed by atoms with E-state index in [-0.39, 0.29) is 47.1 Å². The van der Waals surface area contributed by atoms with Crippen LogP contribution >= 0.6 is 0 Å². The first-order valence-corrected chi connectivity index (χ1v) is 13.9. The Hall–Kier alpha value is -3.51. The number of hydrogen-bond donors (Lipinski definition) is 1. The number of aromatic nitrogens is 5. The van der Waals surface area contributed by atoms with Crippen LogP contribution in [-0.2, 0) is 4.74 Å². The molecule has 8 rings (SSSR count). The second-order valence-corrected chi connectivity index (χ2v) is 11.5. The Morgan fingerprint density at radius 2 is 1.95 bits per heavy atom. The summed E-state index contributed by atoms with van der Waals surface area (Å²) in [7, 11) is 0. The Labute approximate surface area is 227 Å². The van der Waals surface area contributed by atoms with Crippen LogP contribution in [0.2, 0.25) is 0 Å². The van der Waals surface area contributed by atoms with Crippen LogP contribution in [0.5, 0.6) is 6.01 Å². The predicted molar refractivity (Wildman–Crippen MR) is 141 cm³/mol. The van der Waals surface area contributed by atoms with E-state index in [2.05, 4.69) is 30.0 Å². The second-order valence-electron chi connectivity index (χ2n) is 11.5. The van der Waals surface area contributed by atoms with E-state index in [0.717, 1.165) is 32.2 Å². The quantitative estimate of drug-likeness (QED) is 0.395. The van der Waals surface area contributed by atoms with Crippen molar-refractivity contribution in [1.82, 2.24) is 30.0 Å². The summed E-state index contributed by atoms with van der Waals surface area (Å²) < 4.78 is 57.6. The number of halogens is 3. The molecule has 4 aliphatic rings. The SMILES string of the molecule is Fc1c(-c2n[nH]c3cccc(F)c23)ncc2c(N3CC4CCC(C3)O4)nc(OC[C@@]34CCCN3C[C@H](F)C4)nc12. The molecule has 1 N–H and O–H groups in total. The molecule has 0 radical (unpaired) electrons. The van der Waals surface area contributed by atoms with Crippen LogP contribution in [0.3, 0.4) is 0 Å². The molecule has 9 nitrogen and oxygen atoms in total. The van der Waals surface area contributed by atoms with Gasteiger partial charge >= 0.3 is 6.01 Å². The summed E-state index contributed by atoms with van der Waals surface area (Å²) in [5.41, 5.74) is 0.0178. The van der Waals surface area contributed by atoms with Crippen molar-refractivity contribution in [2.75, 3.05) is 37.7 Å². The minimum absolute atomic E-state index is 0.0203. The number of ether oxygens (including phenoxy) is 2. The van der Waals surface area contributed by atoms with Gasteiger partial charge in [-0.2, -0.15) is 15.1 Å². The van der Waals surface area contributed by atoms with Crippen LogP contribution in [-0.4, -0.2) is 86.8 Å². The Morgan fingerprint density at radius 1 is 1.10 bits per heavy atom. The Kier molecular flexibility index (Phi) is 5.47. The van der Waals surface area contributed by atoms with Gasteiger partial charge in [-0.3, -0.25) is 15.0 Å². The zero-order valence-corrected chi connectivity index (χ0v) is 21.7. The molecule has 0 aliphatic carbocycles. The van der Waals surface area contributed by atoms with Crippen molar-refractivity contribution in [2.45, 2.75) is 56.0 Å². The largest absolute Gasteiger partial charge is 0.461 e. The van der Waals surface area contributed by atoms with Crippen molar-refractivity contribution in [2.24, 2.45) is 0 Å². The van der Waals surface area contributed by atoms with Gasteiger partial charge in [0.1, 0.15) is 41.3 Å². The van der Waals surface area contributed by atoms with Gasteiger partial charge in [-0.15, -0.1) is 0 Å². The third kappa shape index (κ3) is 3.76. The highest BCUT2D eigenvalue weighted by Gasteiger charge is 2.49. The van der Waals surface area contributed by atoms with Gasteiger partial charge in [0, 0.05) is 32.3 Å². The molecule has 0 saturated carbocycles. The minimum atomic E-state index is -0.893. The average molecular weight is 552 g/mol. The number of anilines is 1. The molecule has 0 spiro atoms. The molecule has 208 valence electrons. The van der Waals surface area contributed by atoms with Crippen LogP contribution in [0.25, 0.3) is 33.2 Å². The van der Waals surface area contributed by atoms with E-state index < -0.39 is 23.3 Å². The fourth-order valence-corrected chi connectivity index (χ4v) is 7.13. The number of benzene rings is 1. The molecule has 4 aliphatic heterocycles. The fourth-order valence-electron chi connectivity index (χ4n) is 7.13. The minimum Gasteiger partial charge on any atom is -0.461 e. The number of morpholine rings is 1. The molecule has 0 amide bonds. The van der Waals surface area contributed by atoms with E-state index in [4.69, 9.17) is 14.5 Å². The highest BCUT2D eigenvalue weighted by molar-refractivity contribution is 5.96. The zero-order valence-electron chi connectivity index (χ0n) is 21.7. The van der Waals surface area contributed by atoms with Gasteiger partial charge in [0.15, 0.2) is 5.82 Å². The lowest BCUT2D eigenvalue weighted by Gasteiger charge is -2.34. The number of H-pyrrole nitrogens is 1. The lowest BCUT2D eigenvalue weighted by atomic mass is 9.95. The maximum atomic E-state index is 16.3. The van der Waals surface area contributed by atoms with Gasteiger partial charge in [0.25, 0.3) is 0 Å². The van der Waals surface area contributed by atoms with Gasteiger partial charge in [0.05, 0.1) is 34.0 Å². The molecule has 12 heteroatoms. The highest BCUT2D eigenvalue weighted by Crippen LogP contribution is 2.41. The second kappa shape index (κ2) is 9.00. The number of aromatic amines is 1. The summed E-state index contributed by atoms with van der Waals surface area (Å²) in [6, 6.07) is 4.56. The number of rotatable bonds is 5. The van der Waals surface area contributed by atoms with Crippen LogP contribution in [0, 0.1) is 11.6 Å². The van der Waals surface area contributed by atoms with Crippen LogP contribution in [0.1, 0.15) is 32.1 Å². The molecule has 4 aromatic rings. The predicted octanol–water partition coefficient (Wildman–Crippen LogP) is 4.17. The van der Waals surface area contributed by atoms with Gasteiger partial charge < -0.3 is 14.4 Å². The average Bonchev–Trinajstić information content (AvgIpc) is 3.70. The van der Waals surface area contributed by atoms with Crippen molar-refractivity contribution in [3.05, 3.63) is 36.0 Å². The Balaban J connectivity index is 1.23. The first-order chi connectivity index (χ1) is 19.5. The molecular weight excluding hydrogens is 523 g/mol. The number of nitrogens with one attached hydrogen (secondary N) is 1. The maximum absolute atomic E-state index is 16.3. The van der Waals surface area contributed by atoms with Crippen molar-refractivity contribution in [1.29, 1.82) is 0 Å². The van der Waals surface area contributed by atoms with E-state index >= 15 is 4.39 Å². The van der Waals surface area contributed by atoms with E-state index in [9.17, 15) is 8.78 Å². The molecule has 2 bridgehead atoms. The van der Waals surface area contributed by atoms with Gasteiger partial charge in [-0.25, -0.2) is 13.2 Å². The van der Waals surface area contributed by atoms with Crippen LogP contribution in [0.4, 0.5) is 19.0 Å². The van der Waals surface area contributed by atoms with Crippen LogP contribution < -0.4 is 9.64 Å². The lowest BCUT2D eigenvalue weighted by molar-refractivity contribution is 0.0302. The van der Waals surface area contributed by atoms with Crippen molar-refractivity contribution >= 4 is 27.6 Å². The Morgan fingerprint density at radius 3 is 2.80 bits per heavy atom. The molecule has 1 aromatic carbocycles. The summed E-state index contributed by atoms with van der Waals surface area (Å²) in [5, 5.41) is 7.53. The van der Waals surface area contributed by atoms with E-state index in [1.54, 1.807) is 12.1 Å². The summed E-state index contributed by atoms with van der Waals surface area (Å²) >= 11 is 0. The molecule has 4 atom stereocenters. The Bertz CT molecular complexity index is 1620. The number of hydrogen-bond acceptors (Lipinski definition) is 8. The van der Waals surface area contributed by atoms with Gasteiger partial charge in [0.2, 0.25) is 0 Å². The van der Waals surface area contributed by atoms with Gasteiger partial charge in [-0.05, 0) is 44.4 Å². The van der Waals surface area contributed by atoms with Crippen LogP contribution in [0.15, 0.2) is 24.4 Å². The summed E-state index contributed by atoms with van der Waals surface area (Å²) in [5.74, 6) is -0.738. The molecule has 4 fully saturated rings. The molecule has 2 unspecified atom stereocenters. The number of fused-ring (bicyclic) bond motifs is 5. The summed E-state index contributed by atoms with van der Waals surface area (Å²) in [6.07, 6.45) is 4.93. The number of nitrogens with zero attached hydrogens (tertiary/aromatic N) is 6. The molecule has 40 heavy (non-hydrogen) atoms. The first kappa shape index (κ1) is 24.3. The third-order valence-corrected chi connectivity index (χ3v) is 8.98. The standard InChI is InChI=1S/C28H28F3N7O2/c29-15-9-28(7-2-8-38(28)11-15)14-39-27-33-23-18(26(34-27)37-12-16-5-6-17(13-37)40-16)10-32-25(22(23)31)24-21-19(30)3-1-4-20(21)35-36-24/h1,3-4,10,15-17H,2,5-9,11-14H2,(H,35,36)/t15-,16?,17?,28+/m1/s1. The maximum Gasteiger partial charge on any atom is 0.319 e. The van der Waals surface area contributed by atoms with E-state index in [1.807, 2.05) is 0 Å². The summed E-state index contributed by atoms with van der Waals surface area (Å²) in [4.78, 5) is 17.9.